The van der Waals surface area contributed by atoms with Crippen molar-refractivity contribution in [2.45, 2.75) is 48.5 Å². The topological polar surface area (TPSA) is 0 Å². The van der Waals surface area contributed by atoms with Crippen molar-refractivity contribution in [3.63, 3.8) is 0 Å². The third-order valence-corrected chi connectivity index (χ3v) is 5.84. The predicted molar refractivity (Wildman–Crippen MR) is 114 cm³/mol. The molecule has 0 bridgehead atoms. The van der Waals surface area contributed by atoms with Gasteiger partial charge in [0.2, 0.25) is 0 Å². The van der Waals surface area contributed by atoms with Crippen LogP contribution in [0, 0.1) is 23.7 Å². The third-order valence-electron chi connectivity index (χ3n) is 5.84. The molecule has 0 aromatic carbocycles. The molecule has 0 heteroatoms. The zero-order chi connectivity index (χ0) is 19.5. The van der Waals surface area contributed by atoms with Gasteiger partial charge in [0.15, 0.2) is 0 Å². The predicted octanol–water partition coefficient (Wildman–Crippen LogP) is 7.61. The molecule has 25 heavy (non-hydrogen) atoms. The average molecular weight is 337 g/mol. The molecule has 0 nitrogen and oxygen atoms in total. The Morgan fingerprint density at radius 1 is 1.08 bits per heavy atom. The molecule has 0 saturated carbocycles. The summed E-state index contributed by atoms with van der Waals surface area (Å²) in [5.74, 6) is 1.78. The lowest BCUT2D eigenvalue weighted by molar-refractivity contribution is 0.350. The number of hydrogen-bond donors (Lipinski definition) is 0. The lowest BCUT2D eigenvalue weighted by Gasteiger charge is -2.38. The van der Waals surface area contributed by atoms with E-state index in [-0.39, 0.29) is 0 Å². The Kier molecular flexibility index (Phi) is 7.23. The molecule has 0 N–H and O–H groups in total. The van der Waals surface area contributed by atoms with Gasteiger partial charge in [-0.3, -0.25) is 0 Å². The molecule has 3 atom stereocenters. The highest BCUT2D eigenvalue weighted by molar-refractivity contribution is 5.62. The highest BCUT2D eigenvalue weighted by atomic mass is 14.4. The Bertz CT molecular complexity index is 673. The first-order chi connectivity index (χ1) is 11.6. The monoisotopic (exact) mass is 336 g/mol. The van der Waals surface area contributed by atoms with E-state index >= 15 is 0 Å². The summed E-state index contributed by atoms with van der Waals surface area (Å²) >= 11 is 0. The van der Waals surface area contributed by atoms with Gasteiger partial charge < -0.3 is 0 Å². The molecular weight excluding hydrogens is 300 g/mol. The fourth-order valence-electron chi connectivity index (χ4n) is 3.57. The smallest absolute Gasteiger partial charge is 0.00578 e. The first kappa shape index (κ1) is 21.2. The lowest BCUT2D eigenvalue weighted by atomic mass is 9.66. The number of hydrogen-bond acceptors (Lipinski definition) is 0. The number of allylic oxidation sites excluding steroid dienone is 10. The quantitative estimate of drug-likeness (QED) is 0.331. The summed E-state index contributed by atoms with van der Waals surface area (Å²) < 4.78 is 0. The minimum absolute atomic E-state index is 0.323. The standard InChI is InChI=1S/C25H36/c1-12-22(13-2)21(11)24-20(10)17(7)14-23(18(8)15(3)4)25(24)19(9)16(5)6/h12-15,18,20,23H,1,5,9,11H2,2-4,6-8,10H3/b22-13+. The van der Waals surface area contributed by atoms with E-state index in [4.69, 9.17) is 0 Å². The molecule has 3 unspecified atom stereocenters. The van der Waals surface area contributed by atoms with E-state index in [2.05, 4.69) is 73.1 Å². The highest BCUT2D eigenvalue weighted by Crippen LogP contribution is 2.46. The maximum absolute atomic E-state index is 4.44. The molecule has 1 rings (SSSR count). The summed E-state index contributed by atoms with van der Waals surface area (Å²) in [4.78, 5) is 0. The summed E-state index contributed by atoms with van der Waals surface area (Å²) in [6, 6.07) is 0. The molecule has 0 heterocycles. The van der Waals surface area contributed by atoms with Crippen LogP contribution in [-0.4, -0.2) is 0 Å². The lowest BCUT2D eigenvalue weighted by Crippen LogP contribution is -2.26. The molecule has 1 aliphatic rings. The van der Waals surface area contributed by atoms with Crippen LogP contribution >= 0.6 is 0 Å². The minimum Gasteiger partial charge on any atom is -0.0985 e. The molecular formula is C25H36. The van der Waals surface area contributed by atoms with Gasteiger partial charge >= 0.3 is 0 Å². The van der Waals surface area contributed by atoms with Gasteiger partial charge in [-0.25, -0.2) is 0 Å². The van der Waals surface area contributed by atoms with Gasteiger partial charge in [0.1, 0.15) is 0 Å². The Hall–Kier alpha value is -1.82. The minimum atomic E-state index is 0.323. The SMILES string of the molecule is C=C/C(=C\C)C(=C)C1=C(C(=C)C(=C)C)C(C(C)C(C)C)C=C(C)C1C. The van der Waals surface area contributed by atoms with Crippen molar-refractivity contribution in [2.75, 3.05) is 0 Å². The van der Waals surface area contributed by atoms with E-state index in [0.717, 1.165) is 22.3 Å². The van der Waals surface area contributed by atoms with Gasteiger partial charge in [0.25, 0.3) is 0 Å². The second-order valence-corrected chi connectivity index (χ2v) is 7.77. The molecule has 0 aliphatic heterocycles. The average Bonchev–Trinajstić information content (AvgIpc) is 2.55. The molecule has 0 amide bonds. The van der Waals surface area contributed by atoms with E-state index in [9.17, 15) is 0 Å². The van der Waals surface area contributed by atoms with Gasteiger partial charge in [-0.15, -0.1) is 0 Å². The van der Waals surface area contributed by atoms with Crippen LogP contribution in [0.2, 0.25) is 0 Å². The fraction of sp³-hybridized carbons (Fsp3) is 0.440. The van der Waals surface area contributed by atoms with Gasteiger partial charge in [-0.1, -0.05) is 83.4 Å². The van der Waals surface area contributed by atoms with E-state index in [1.807, 2.05) is 19.9 Å². The molecule has 0 radical (unpaired) electrons. The van der Waals surface area contributed by atoms with Crippen molar-refractivity contribution in [1.82, 2.24) is 0 Å². The zero-order valence-corrected chi connectivity index (χ0v) is 17.4. The van der Waals surface area contributed by atoms with Gasteiger partial charge in [-0.2, -0.15) is 0 Å². The van der Waals surface area contributed by atoms with Crippen LogP contribution in [0.25, 0.3) is 0 Å². The maximum Gasteiger partial charge on any atom is 0.00578 e. The van der Waals surface area contributed by atoms with Crippen LogP contribution in [0.4, 0.5) is 0 Å². The summed E-state index contributed by atoms with van der Waals surface area (Å²) in [7, 11) is 0. The van der Waals surface area contributed by atoms with Crippen LogP contribution < -0.4 is 0 Å². The van der Waals surface area contributed by atoms with Crippen LogP contribution in [0.3, 0.4) is 0 Å². The summed E-state index contributed by atoms with van der Waals surface area (Å²) in [6.45, 7) is 32.5. The normalized spacial score (nSPS) is 22.6. The molecule has 0 aromatic heterocycles. The van der Waals surface area contributed by atoms with Gasteiger partial charge in [0.05, 0.1) is 0 Å². The van der Waals surface area contributed by atoms with Crippen LogP contribution in [-0.2, 0) is 0 Å². The van der Waals surface area contributed by atoms with E-state index < -0.39 is 0 Å². The number of rotatable bonds is 7. The summed E-state index contributed by atoms with van der Waals surface area (Å²) in [6.07, 6.45) is 6.43. The van der Waals surface area contributed by atoms with Crippen molar-refractivity contribution < 1.29 is 0 Å². The van der Waals surface area contributed by atoms with Crippen molar-refractivity contribution in [3.8, 4) is 0 Å². The molecule has 136 valence electrons. The first-order valence-corrected chi connectivity index (χ1v) is 9.34. The van der Waals surface area contributed by atoms with Gasteiger partial charge in [0, 0.05) is 11.8 Å². The Labute approximate surface area is 156 Å². The van der Waals surface area contributed by atoms with Crippen LogP contribution in [0.15, 0.2) is 83.6 Å². The Morgan fingerprint density at radius 2 is 1.64 bits per heavy atom. The van der Waals surface area contributed by atoms with Crippen molar-refractivity contribution in [1.29, 1.82) is 0 Å². The third kappa shape index (κ3) is 4.24. The second-order valence-electron chi connectivity index (χ2n) is 7.77. The van der Waals surface area contributed by atoms with Crippen molar-refractivity contribution >= 4 is 0 Å². The second kappa shape index (κ2) is 8.52. The maximum atomic E-state index is 4.44. The van der Waals surface area contributed by atoms with Crippen molar-refractivity contribution in [3.05, 3.63) is 83.6 Å². The van der Waals surface area contributed by atoms with Gasteiger partial charge in [-0.05, 0) is 60.5 Å². The van der Waals surface area contributed by atoms with E-state index in [1.54, 1.807) is 0 Å². The summed E-state index contributed by atoms with van der Waals surface area (Å²) in [5, 5.41) is 0. The van der Waals surface area contributed by atoms with E-state index in [0.29, 0.717) is 23.7 Å². The molecule has 0 aromatic rings. The largest absolute Gasteiger partial charge is 0.0985 e. The molecule has 0 saturated heterocycles. The summed E-state index contributed by atoms with van der Waals surface area (Å²) in [5.41, 5.74) is 8.28. The zero-order valence-electron chi connectivity index (χ0n) is 17.4. The Balaban J connectivity index is 3.75. The van der Waals surface area contributed by atoms with Crippen LogP contribution in [0.5, 0.6) is 0 Å². The molecule has 0 spiro atoms. The first-order valence-electron chi connectivity index (χ1n) is 9.34. The van der Waals surface area contributed by atoms with Crippen molar-refractivity contribution in [2.24, 2.45) is 23.7 Å². The van der Waals surface area contributed by atoms with E-state index in [1.165, 1.54) is 16.7 Å². The fourth-order valence-corrected chi connectivity index (χ4v) is 3.57. The highest BCUT2D eigenvalue weighted by Gasteiger charge is 2.33. The molecule has 1 aliphatic carbocycles. The Morgan fingerprint density at radius 3 is 2.04 bits per heavy atom. The van der Waals surface area contributed by atoms with Crippen LogP contribution in [0.1, 0.15) is 48.5 Å². The molecule has 0 fully saturated rings.